The molecule has 0 aliphatic carbocycles. The minimum Gasteiger partial charge on any atom is -0.352 e. The highest BCUT2D eigenvalue weighted by Gasteiger charge is 2.19. The number of carbonyl (C=O) groups excluding carboxylic acids is 1. The van der Waals surface area contributed by atoms with E-state index >= 15 is 0 Å². The smallest absolute Gasteiger partial charge is 0.257 e. The number of rotatable bonds is 7. The van der Waals surface area contributed by atoms with E-state index in [1.54, 1.807) is 0 Å². The van der Waals surface area contributed by atoms with Crippen molar-refractivity contribution in [2.45, 2.75) is 33.1 Å². The van der Waals surface area contributed by atoms with Gasteiger partial charge in [0, 0.05) is 6.54 Å². The highest BCUT2D eigenvalue weighted by Crippen LogP contribution is 2.16. The Morgan fingerprint density at radius 1 is 1.35 bits per heavy atom. The van der Waals surface area contributed by atoms with Crippen LogP contribution in [-0.4, -0.2) is 19.0 Å². The third kappa shape index (κ3) is 4.27. The van der Waals surface area contributed by atoms with Crippen LogP contribution in [0.5, 0.6) is 0 Å². The number of hydrogen-bond donors (Lipinski definition) is 2. The molecule has 3 N–H and O–H groups in total. The van der Waals surface area contributed by atoms with Crippen LogP contribution < -0.4 is 11.1 Å². The molecule has 1 aromatic rings. The van der Waals surface area contributed by atoms with E-state index in [1.165, 1.54) is 13.0 Å². The molecule has 0 saturated heterocycles. The zero-order valence-electron chi connectivity index (χ0n) is 12.0. The first-order valence-corrected chi connectivity index (χ1v) is 6.94. The second kappa shape index (κ2) is 7.94. The zero-order valence-corrected chi connectivity index (χ0v) is 12.0. The molecule has 0 spiro atoms. The number of benzene rings is 1. The third-order valence-corrected chi connectivity index (χ3v) is 3.33. The number of nitrogens with one attached hydrogen (secondary N) is 1. The topological polar surface area (TPSA) is 55.1 Å². The quantitative estimate of drug-likeness (QED) is 0.809. The molecule has 20 heavy (non-hydrogen) atoms. The van der Waals surface area contributed by atoms with E-state index in [1.807, 2.05) is 6.92 Å². The summed E-state index contributed by atoms with van der Waals surface area (Å²) in [5.41, 5.74) is 5.26. The second-order valence-electron chi connectivity index (χ2n) is 5.00. The number of aryl methyl sites for hydroxylation is 1. The Morgan fingerprint density at radius 2 is 2.05 bits per heavy atom. The van der Waals surface area contributed by atoms with Crippen LogP contribution in [-0.2, 0) is 0 Å². The zero-order chi connectivity index (χ0) is 15.1. The van der Waals surface area contributed by atoms with Gasteiger partial charge in [-0.3, -0.25) is 4.79 Å². The minimum atomic E-state index is -0.837. The Morgan fingerprint density at radius 3 is 2.65 bits per heavy atom. The molecule has 5 heteroatoms. The van der Waals surface area contributed by atoms with Crippen molar-refractivity contribution in [3.8, 4) is 0 Å². The van der Waals surface area contributed by atoms with E-state index in [4.69, 9.17) is 5.73 Å². The molecule has 112 valence electrons. The van der Waals surface area contributed by atoms with Crippen molar-refractivity contribution in [3.05, 3.63) is 34.9 Å². The van der Waals surface area contributed by atoms with Gasteiger partial charge in [0.05, 0.1) is 0 Å². The van der Waals surface area contributed by atoms with Crippen molar-refractivity contribution in [2.75, 3.05) is 13.1 Å². The third-order valence-electron chi connectivity index (χ3n) is 3.33. The van der Waals surface area contributed by atoms with Gasteiger partial charge in [0.1, 0.15) is 17.2 Å². The summed E-state index contributed by atoms with van der Waals surface area (Å²) in [5.74, 6) is -2.10. The summed E-state index contributed by atoms with van der Waals surface area (Å²) in [7, 11) is 0. The maximum Gasteiger partial charge on any atom is 0.257 e. The molecule has 1 atom stereocenters. The van der Waals surface area contributed by atoms with Crippen LogP contribution in [0.2, 0.25) is 0 Å². The van der Waals surface area contributed by atoms with Gasteiger partial charge in [-0.2, -0.15) is 0 Å². The molecule has 0 aliphatic rings. The summed E-state index contributed by atoms with van der Waals surface area (Å²) in [6.45, 7) is 4.47. The normalized spacial score (nSPS) is 12.2. The van der Waals surface area contributed by atoms with Gasteiger partial charge in [0.15, 0.2) is 0 Å². The molecule has 1 amide bonds. The predicted octanol–water partition coefficient (Wildman–Crippen LogP) is 2.77. The van der Waals surface area contributed by atoms with Crippen LogP contribution in [0, 0.1) is 24.5 Å². The van der Waals surface area contributed by atoms with Crippen LogP contribution in [0.25, 0.3) is 0 Å². The van der Waals surface area contributed by atoms with Gasteiger partial charge >= 0.3 is 0 Å². The highest BCUT2D eigenvalue weighted by molar-refractivity contribution is 5.94. The van der Waals surface area contributed by atoms with Gasteiger partial charge in [-0.15, -0.1) is 0 Å². The van der Waals surface area contributed by atoms with E-state index in [0.717, 1.165) is 25.3 Å². The number of amides is 1. The second-order valence-corrected chi connectivity index (χ2v) is 5.00. The first-order valence-electron chi connectivity index (χ1n) is 6.94. The molecular formula is C15H22F2N2O. The molecule has 1 aromatic carbocycles. The fraction of sp³-hybridized carbons (Fsp3) is 0.533. The summed E-state index contributed by atoms with van der Waals surface area (Å²) in [5, 5.41) is 2.60. The SMILES string of the molecule is CCCC(CCN)CNC(=O)c1c(F)ccc(C)c1F. The highest BCUT2D eigenvalue weighted by atomic mass is 19.1. The first-order chi connectivity index (χ1) is 9.51. The van der Waals surface area contributed by atoms with Gasteiger partial charge in [-0.1, -0.05) is 19.4 Å². The molecule has 0 radical (unpaired) electrons. The van der Waals surface area contributed by atoms with Gasteiger partial charge in [-0.05, 0) is 43.9 Å². The fourth-order valence-electron chi connectivity index (χ4n) is 2.18. The Bertz CT molecular complexity index is 457. The molecule has 0 fully saturated rings. The predicted molar refractivity (Wildman–Crippen MR) is 75.5 cm³/mol. The number of hydrogen-bond acceptors (Lipinski definition) is 2. The average molecular weight is 284 g/mol. The van der Waals surface area contributed by atoms with Gasteiger partial charge < -0.3 is 11.1 Å². The van der Waals surface area contributed by atoms with Crippen molar-refractivity contribution in [1.29, 1.82) is 0 Å². The largest absolute Gasteiger partial charge is 0.352 e. The van der Waals surface area contributed by atoms with Crippen LogP contribution in [0.3, 0.4) is 0 Å². The number of halogens is 2. The summed E-state index contributed by atoms with van der Waals surface area (Å²) in [6, 6.07) is 2.42. The lowest BCUT2D eigenvalue weighted by atomic mass is 9.99. The monoisotopic (exact) mass is 284 g/mol. The Balaban J connectivity index is 2.74. The Labute approximate surface area is 118 Å². The molecule has 1 rings (SSSR count). The van der Waals surface area contributed by atoms with Crippen LogP contribution in [0.15, 0.2) is 12.1 Å². The van der Waals surface area contributed by atoms with E-state index in [9.17, 15) is 13.6 Å². The molecule has 0 saturated carbocycles. The van der Waals surface area contributed by atoms with Crippen LogP contribution in [0.4, 0.5) is 8.78 Å². The summed E-state index contributed by atoms with van der Waals surface area (Å²) >= 11 is 0. The van der Waals surface area contributed by atoms with E-state index < -0.39 is 23.1 Å². The van der Waals surface area contributed by atoms with Crippen molar-refractivity contribution in [1.82, 2.24) is 5.32 Å². The molecule has 0 heterocycles. The maximum atomic E-state index is 13.8. The van der Waals surface area contributed by atoms with Gasteiger partial charge in [0.25, 0.3) is 5.91 Å². The fourth-order valence-corrected chi connectivity index (χ4v) is 2.18. The molecular weight excluding hydrogens is 262 g/mol. The molecule has 0 bridgehead atoms. The summed E-state index contributed by atoms with van der Waals surface area (Å²) < 4.78 is 27.4. The van der Waals surface area contributed by atoms with Crippen molar-refractivity contribution < 1.29 is 13.6 Å². The molecule has 0 aliphatic heterocycles. The molecule has 1 unspecified atom stereocenters. The van der Waals surface area contributed by atoms with Crippen molar-refractivity contribution in [2.24, 2.45) is 11.7 Å². The van der Waals surface area contributed by atoms with Crippen molar-refractivity contribution >= 4 is 5.91 Å². The van der Waals surface area contributed by atoms with Crippen LogP contribution in [0.1, 0.15) is 42.1 Å². The first kappa shape index (κ1) is 16.6. The Hall–Kier alpha value is -1.49. The van der Waals surface area contributed by atoms with E-state index in [2.05, 4.69) is 5.32 Å². The van der Waals surface area contributed by atoms with Gasteiger partial charge in [-0.25, -0.2) is 8.78 Å². The molecule has 3 nitrogen and oxygen atoms in total. The maximum absolute atomic E-state index is 13.8. The van der Waals surface area contributed by atoms with Crippen molar-refractivity contribution in [3.63, 3.8) is 0 Å². The lowest BCUT2D eigenvalue weighted by Crippen LogP contribution is -2.31. The molecule has 0 aromatic heterocycles. The lowest BCUT2D eigenvalue weighted by molar-refractivity contribution is 0.0937. The number of carbonyl (C=O) groups is 1. The van der Waals surface area contributed by atoms with E-state index in [0.29, 0.717) is 13.1 Å². The number of nitrogens with two attached hydrogens (primary N) is 1. The standard InChI is InChI=1S/C15H22F2N2O/c1-3-4-11(7-8-18)9-19-15(20)13-12(16)6-5-10(2)14(13)17/h5-6,11H,3-4,7-9,18H2,1-2H3,(H,19,20). The Kier molecular flexibility index (Phi) is 6.58. The van der Waals surface area contributed by atoms with E-state index in [-0.39, 0.29) is 11.5 Å². The van der Waals surface area contributed by atoms with Crippen LogP contribution >= 0.6 is 0 Å². The van der Waals surface area contributed by atoms with Gasteiger partial charge in [0.2, 0.25) is 0 Å². The average Bonchev–Trinajstić information content (AvgIpc) is 2.41. The lowest BCUT2D eigenvalue weighted by Gasteiger charge is -2.16. The minimum absolute atomic E-state index is 0.241. The summed E-state index contributed by atoms with van der Waals surface area (Å²) in [4.78, 5) is 11.9. The summed E-state index contributed by atoms with van der Waals surface area (Å²) in [6.07, 6.45) is 2.69.